The molecule has 3 N–H and O–H groups in total. The number of rotatable bonds is 9. The van der Waals surface area contributed by atoms with E-state index < -0.39 is 11.7 Å². The summed E-state index contributed by atoms with van der Waals surface area (Å²) in [6.45, 7) is 10.3. The van der Waals surface area contributed by atoms with Crippen LogP contribution in [0.15, 0.2) is 30.5 Å². The predicted molar refractivity (Wildman–Crippen MR) is 168 cm³/mol. The Morgan fingerprint density at radius 1 is 1.16 bits per heavy atom. The van der Waals surface area contributed by atoms with Crippen LogP contribution in [0.25, 0.3) is 0 Å². The molecular formula is C32H45N7O4. The largest absolute Gasteiger partial charge is 0.444 e. The number of amides is 2. The van der Waals surface area contributed by atoms with Crippen LogP contribution in [0.2, 0.25) is 0 Å². The molecule has 1 aliphatic rings. The first-order valence-electron chi connectivity index (χ1n) is 14.7. The molecule has 0 saturated heterocycles. The standard InChI is InChI=1S/C30H39N7O4.C2H6/c1-30(2,3)41-29(39)37(4)20-26(38)34-25-8-6-7-21(17-25)9-12-23-19-33-28(36-27(23)32-15-16-40-5)35-24-13-10-22(18-31)11-14-24;1-2/h10-11,13-14,19,21,25H,6-8,15-17,20H2,1-5H3,(H,34,38)(H2,32,33,35,36);1-2H3/t21-,25-;/m0./s1. The molecule has 2 amide bonds. The van der Waals surface area contributed by atoms with Gasteiger partial charge in [0.05, 0.1) is 30.0 Å². The topological polar surface area (TPSA) is 142 Å². The highest BCUT2D eigenvalue weighted by atomic mass is 16.6. The molecule has 0 unspecified atom stereocenters. The number of aromatic nitrogens is 2. The molecule has 1 saturated carbocycles. The van der Waals surface area contributed by atoms with Crippen LogP contribution >= 0.6 is 0 Å². The maximum Gasteiger partial charge on any atom is 0.410 e. The van der Waals surface area contributed by atoms with Gasteiger partial charge in [0.15, 0.2) is 0 Å². The van der Waals surface area contributed by atoms with Crippen LogP contribution in [0.1, 0.15) is 71.4 Å². The highest BCUT2D eigenvalue weighted by molar-refractivity contribution is 5.82. The molecule has 2 atom stereocenters. The lowest BCUT2D eigenvalue weighted by Gasteiger charge is -2.28. The zero-order valence-corrected chi connectivity index (χ0v) is 26.4. The van der Waals surface area contributed by atoms with E-state index in [1.54, 1.807) is 65.4 Å². The Hall–Kier alpha value is -4.35. The molecule has 43 heavy (non-hydrogen) atoms. The van der Waals surface area contributed by atoms with Gasteiger partial charge in [-0.3, -0.25) is 4.79 Å². The van der Waals surface area contributed by atoms with Gasteiger partial charge >= 0.3 is 6.09 Å². The van der Waals surface area contributed by atoms with E-state index in [0.717, 1.165) is 31.4 Å². The van der Waals surface area contributed by atoms with E-state index in [0.29, 0.717) is 36.0 Å². The first kappa shape index (κ1) is 34.8. The summed E-state index contributed by atoms with van der Waals surface area (Å²) in [5.74, 6) is 7.45. The van der Waals surface area contributed by atoms with Crippen molar-refractivity contribution >= 4 is 29.5 Å². The molecule has 11 heteroatoms. The van der Waals surface area contributed by atoms with Gasteiger partial charge in [-0.2, -0.15) is 10.2 Å². The quantitative estimate of drug-likeness (QED) is 0.269. The average Bonchev–Trinajstić information content (AvgIpc) is 2.97. The molecule has 11 nitrogen and oxygen atoms in total. The van der Waals surface area contributed by atoms with Crippen molar-refractivity contribution in [1.82, 2.24) is 20.2 Å². The Morgan fingerprint density at radius 2 is 1.88 bits per heavy atom. The monoisotopic (exact) mass is 591 g/mol. The molecular weight excluding hydrogens is 546 g/mol. The van der Waals surface area contributed by atoms with Crippen molar-refractivity contribution in [3.8, 4) is 17.9 Å². The minimum atomic E-state index is -0.622. The third-order valence-electron chi connectivity index (χ3n) is 6.19. The van der Waals surface area contributed by atoms with E-state index in [1.165, 1.54) is 4.90 Å². The third-order valence-corrected chi connectivity index (χ3v) is 6.19. The fraction of sp³-hybridized carbons (Fsp3) is 0.531. The van der Waals surface area contributed by atoms with Crippen molar-refractivity contribution in [2.75, 3.05) is 44.5 Å². The molecule has 1 aromatic carbocycles. The van der Waals surface area contributed by atoms with Crippen LogP contribution in [-0.2, 0) is 14.3 Å². The summed E-state index contributed by atoms with van der Waals surface area (Å²) >= 11 is 0. The van der Waals surface area contributed by atoms with E-state index in [9.17, 15) is 9.59 Å². The fourth-order valence-electron chi connectivity index (χ4n) is 4.22. The number of hydrogen-bond acceptors (Lipinski definition) is 9. The molecule has 0 aliphatic heterocycles. The maximum atomic E-state index is 12.6. The average molecular weight is 592 g/mol. The number of benzene rings is 1. The summed E-state index contributed by atoms with van der Waals surface area (Å²) in [6, 6.07) is 9.11. The van der Waals surface area contributed by atoms with Crippen molar-refractivity contribution in [3.05, 3.63) is 41.6 Å². The summed E-state index contributed by atoms with van der Waals surface area (Å²) in [6.07, 6.45) is 4.60. The van der Waals surface area contributed by atoms with Gasteiger partial charge in [0.1, 0.15) is 18.0 Å². The van der Waals surface area contributed by atoms with Crippen LogP contribution in [0.4, 0.5) is 22.2 Å². The van der Waals surface area contributed by atoms with Gasteiger partial charge < -0.3 is 30.3 Å². The van der Waals surface area contributed by atoms with Crippen molar-refractivity contribution in [2.45, 2.75) is 71.9 Å². The SMILES string of the molecule is CC.COCCNc1nc(Nc2ccc(C#N)cc2)ncc1C#C[C@@H]1CCC[C@H](NC(=O)CN(C)C(=O)OC(C)(C)C)C1. The van der Waals surface area contributed by atoms with Gasteiger partial charge in [-0.1, -0.05) is 32.1 Å². The molecule has 0 radical (unpaired) electrons. The number of nitrogens with zero attached hydrogens (tertiary/aromatic N) is 4. The van der Waals surface area contributed by atoms with E-state index in [1.807, 2.05) is 13.8 Å². The van der Waals surface area contributed by atoms with Gasteiger partial charge in [-0.15, -0.1) is 0 Å². The number of methoxy groups -OCH3 is 1. The number of hydrogen-bond donors (Lipinski definition) is 3. The Morgan fingerprint density at radius 3 is 2.53 bits per heavy atom. The highest BCUT2D eigenvalue weighted by Gasteiger charge is 2.25. The summed E-state index contributed by atoms with van der Waals surface area (Å²) in [5, 5.41) is 18.5. The predicted octanol–water partition coefficient (Wildman–Crippen LogP) is 5.07. The maximum absolute atomic E-state index is 12.6. The summed E-state index contributed by atoms with van der Waals surface area (Å²) < 4.78 is 10.5. The second kappa shape index (κ2) is 17.6. The lowest BCUT2D eigenvalue weighted by molar-refractivity contribution is -0.123. The Kier molecular flexibility index (Phi) is 14.2. The molecule has 2 aromatic rings. The summed E-state index contributed by atoms with van der Waals surface area (Å²) in [4.78, 5) is 35.1. The smallest absolute Gasteiger partial charge is 0.410 e. The number of carbonyl (C=O) groups is 2. The molecule has 0 spiro atoms. The molecule has 3 rings (SSSR count). The van der Waals surface area contributed by atoms with Crippen LogP contribution < -0.4 is 16.0 Å². The van der Waals surface area contributed by atoms with Crippen LogP contribution in [0.5, 0.6) is 0 Å². The number of carbonyl (C=O) groups excluding carboxylic acids is 2. The number of ether oxygens (including phenoxy) is 2. The number of nitriles is 1. The number of anilines is 3. The Labute approximate surface area is 255 Å². The van der Waals surface area contributed by atoms with Crippen LogP contribution in [-0.4, -0.2) is 72.4 Å². The molecule has 1 aliphatic carbocycles. The van der Waals surface area contributed by atoms with Gasteiger partial charge in [0, 0.05) is 38.3 Å². The minimum Gasteiger partial charge on any atom is -0.444 e. The third kappa shape index (κ3) is 12.6. The lowest BCUT2D eigenvalue weighted by atomic mass is 9.86. The van der Waals surface area contributed by atoms with Crippen molar-refractivity contribution in [3.63, 3.8) is 0 Å². The number of nitrogens with one attached hydrogen (secondary N) is 3. The van der Waals surface area contributed by atoms with E-state index >= 15 is 0 Å². The summed E-state index contributed by atoms with van der Waals surface area (Å²) in [5.41, 5.74) is 1.37. The zero-order valence-electron chi connectivity index (χ0n) is 26.4. The highest BCUT2D eigenvalue weighted by Crippen LogP contribution is 2.24. The fourth-order valence-corrected chi connectivity index (χ4v) is 4.22. The summed E-state index contributed by atoms with van der Waals surface area (Å²) in [7, 11) is 3.18. The van der Waals surface area contributed by atoms with Gasteiger partial charge in [-0.05, 0) is 64.3 Å². The van der Waals surface area contributed by atoms with Crippen molar-refractivity contribution in [1.29, 1.82) is 5.26 Å². The number of likely N-dealkylation sites (N-methyl/N-ethyl adjacent to an activating group) is 1. The van der Waals surface area contributed by atoms with Crippen molar-refractivity contribution < 1.29 is 19.1 Å². The normalized spacial score (nSPS) is 15.8. The van der Waals surface area contributed by atoms with Crippen LogP contribution in [0, 0.1) is 29.1 Å². The van der Waals surface area contributed by atoms with Gasteiger partial charge in [-0.25, -0.2) is 9.78 Å². The first-order chi connectivity index (χ1) is 20.6. The van der Waals surface area contributed by atoms with Gasteiger partial charge in [0.25, 0.3) is 0 Å². The molecule has 232 valence electrons. The zero-order chi connectivity index (χ0) is 31.8. The van der Waals surface area contributed by atoms with E-state index in [4.69, 9.17) is 14.7 Å². The van der Waals surface area contributed by atoms with Gasteiger partial charge in [0.2, 0.25) is 11.9 Å². The lowest BCUT2D eigenvalue weighted by Crippen LogP contribution is -2.45. The molecule has 1 heterocycles. The molecule has 1 fully saturated rings. The Bertz CT molecular complexity index is 1290. The second-order valence-corrected chi connectivity index (χ2v) is 10.9. The molecule has 0 bridgehead atoms. The second-order valence-electron chi connectivity index (χ2n) is 10.9. The van der Waals surface area contributed by atoms with Crippen LogP contribution in [0.3, 0.4) is 0 Å². The molecule has 1 aromatic heterocycles. The van der Waals surface area contributed by atoms with E-state index in [2.05, 4.69) is 43.8 Å². The van der Waals surface area contributed by atoms with E-state index in [-0.39, 0.29) is 24.4 Å². The first-order valence-corrected chi connectivity index (χ1v) is 14.7. The Balaban J connectivity index is 0.00000316. The minimum absolute atomic E-state index is 0.0165. The van der Waals surface area contributed by atoms with Crippen molar-refractivity contribution in [2.24, 2.45) is 5.92 Å².